The first kappa shape index (κ1) is 21.8. The van der Waals surface area contributed by atoms with Crippen LogP contribution in [0.2, 0.25) is 0 Å². The van der Waals surface area contributed by atoms with Gasteiger partial charge < -0.3 is 20.7 Å². The highest BCUT2D eigenvalue weighted by atomic mass is 79.9. The number of hydrogen-bond acceptors (Lipinski definition) is 4. The summed E-state index contributed by atoms with van der Waals surface area (Å²) in [6.45, 7) is 4.13. The third-order valence-electron chi connectivity index (χ3n) is 5.07. The molecule has 1 atom stereocenters. The van der Waals surface area contributed by atoms with Crippen molar-refractivity contribution in [2.24, 2.45) is 11.7 Å². The molecule has 0 radical (unpaired) electrons. The minimum absolute atomic E-state index is 0.128. The van der Waals surface area contributed by atoms with Crippen molar-refractivity contribution >= 4 is 45.0 Å². The van der Waals surface area contributed by atoms with Crippen LogP contribution < -0.4 is 20.7 Å². The van der Waals surface area contributed by atoms with Crippen LogP contribution in [0.15, 0.2) is 40.9 Å². The van der Waals surface area contributed by atoms with Crippen LogP contribution in [0.1, 0.15) is 24.5 Å². The fourth-order valence-electron chi connectivity index (χ4n) is 3.46. The van der Waals surface area contributed by atoms with Gasteiger partial charge in [0.25, 0.3) is 5.91 Å². The fourth-order valence-corrected chi connectivity index (χ4v) is 4.08. The Morgan fingerprint density at radius 1 is 1.27 bits per heavy atom. The van der Waals surface area contributed by atoms with Gasteiger partial charge in [-0.2, -0.15) is 0 Å². The molecule has 158 valence electrons. The van der Waals surface area contributed by atoms with Gasteiger partial charge in [0.1, 0.15) is 5.75 Å². The highest BCUT2D eigenvalue weighted by molar-refractivity contribution is 9.10. The van der Waals surface area contributed by atoms with E-state index in [9.17, 15) is 14.4 Å². The lowest BCUT2D eigenvalue weighted by molar-refractivity contribution is -0.123. The van der Waals surface area contributed by atoms with E-state index in [1.54, 1.807) is 24.3 Å². The van der Waals surface area contributed by atoms with Crippen molar-refractivity contribution < 1.29 is 19.1 Å². The minimum Gasteiger partial charge on any atom is -0.484 e. The van der Waals surface area contributed by atoms with Crippen molar-refractivity contribution in [3.63, 3.8) is 0 Å². The van der Waals surface area contributed by atoms with Crippen molar-refractivity contribution in [2.75, 3.05) is 23.4 Å². The zero-order chi connectivity index (χ0) is 21.8. The Morgan fingerprint density at radius 2 is 1.97 bits per heavy atom. The molecule has 0 bridgehead atoms. The van der Waals surface area contributed by atoms with E-state index in [0.29, 0.717) is 11.4 Å². The summed E-state index contributed by atoms with van der Waals surface area (Å²) in [7, 11) is 0. The van der Waals surface area contributed by atoms with E-state index in [-0.39, 0.29) is 31.4 Å². The Bertz CT molecular complexity index is 975. The van der Waals surface area contributed by atoms with Crippen molar-refractivity contribution in [3.8, 4) is 5.75 Å². The van der Waals surface area contributed by atoms with E-state index >= 15 is 0 Å². The summed E-state index contributed by atoms with van der Waals surface area (Å²) in [5.74, 6) is -0.812. The van der Waals surface area contributed by atoms with Crippen LogP contribution >= 0.6 is 15.9 Å². The largest absolute Gasteiger partial charge is 0.484 e. The average molecular weight is 474 g/mol. The molecule has 2 aromatic rings. The molecular weight excluding hydrogens is 450 g/mol. The van der Waals surface area contributed by atoms with E-state index in [4.69, 9.17) is 10.5 Å². The Hall–Kier alpha value is -2.87. The smallest absolute Gasteiger partial charge is 0.262 e. The van der Waals surface area contributed by atoms with Crippen LogP contribution in [0, 0.1) is 12.8 Å². The number of nitrogens with one attached hydrogen (secondary N) is 1. The number of ether oxygens (including phenoxy) is 1. The number of hydrogen-bond donors (Lipinski definition) is 2. The van der Waals surface area contributed by atoms with Crippen molar-refractivity contribution in [3.05, 3.63) is 52.0 Å². The quantitative estimate of drug-likeness (QED) is 0.644. The van der Waals surface area contributed by atoms with Crippen LogP contribution in [0.5, 0.6) is 5.75 Å². The predicted octanol–water partition coefficient (Wildman–Crippen LogP) is 3.18. The van der Waals surface area contributed by atoms with Gasteiger partial charge in [-0.1, -0.05) is 22.9 Å². The number of nitrogens with two attached hydrogens (primary N) is 1. The number of aryl methyl sites for hydroxylation is 2. The highest BCUT2D eigenvalue weighted by Gasteiger charge is 2.33. The van der Waals surface area contributed by atoms with E-state index in [1.165, 1.54) is 4.90 Å². The van der Waals surface area contributed by atoms with Crippen LogP contribution in [0.3, 0.4) is 0 Å². The number of anilines is 2. The van der Waals surface area contributed by atoms with E-state index < -0.39 is 11.8 Å². The molecule has 0 saturated carbocycles. The van der Waals surface area contributed by atoms with Gasteiger partial charge in [0, 0.05) is 28.8 Å². The summed E-state index contributed by atoms with van der Waals surface area (Å²) in [6.07, 6.45) is 0.924. The average Bonchev–Trinajstić information content (AvgIpc) is 3.10. The number of amides is 3. The van der Waals surface area contributed by atoms with Gasteiger partial charge in [0.2, 0.25) is 11.8 Å². The normalized spacial score (nSPS) is 15.9. The first-order valence-electron chi connectivity index (χ1n) is 9.70. The van der Waals surface area contributed by atoms with Gasteiger partial charge in [-0.05, 0) is 60.9 Å². The SMILES string of the molecule is CCc1cc(Br)cc(C)c1NC(=O)COc1ccc(N2C[C@@H](C(N)=O)CC2=O)cc1. The molecule has 1 aliphatic rings. The molecule has 3 amide bonds. The number of carbonyl (C=O) groups is 3. The van der Waals surface area contributed by atoms with Crippen LogP contribution in [0.25, 0.3) is 0 Å². The second-order valence-electron chi connectivity index (χ2n) is 7.25. The first-order chi connectivity index (χ1) is 14.3. The standard InChI is InChI=1S/C22H24BrN3O4/c1-3-14-9-16(23)8-13(2)21(14)25-19(27)12-30-18-6-4-17(5-7-18)26-11-15(22(24)29)10-20(26)28/h4-9,15H,3,10-12H2,1-2H3,(H2,24,29)(H,25,27)/t15-/m0/s1. The van der Waals surface area contributed by atoms with Crippen molar-refractivity contribution in [1.82, 2.24) is 0 Å². The summed E-state index contributed by atoms with van der Waals surface area (Å²) in [4.78, 5) is 37.3. The van der Waals surface area contributed by atoms with Gasteiger partial charge in [-0.25, -0.2) is 0 Å². The topological polar surface area (TPSA) is 102 Å². The second kappa shape index (κ2) is 9.30. The zero-order valence-electron chi connectivity index (χ0n) is 16.9. The predicted molar refractivity (Wildman–Crippen MR) is 118 cm³/mol. The number of halogens is 1. The Balaban J connectivity index is 1.59. The molecule has 0 aromatic heterocycles. The maximum atomic E-state index is 12.4. The van der Waals surface area contributed by atoms with Gasteiger partial charge >= 0.3 is 0 Å². The van der Waals surface area contributed by atoms with Crippen molar-refractivity contribution in [2.45, 2.75) is 26.7 Å². The van der Waals surface area contributed by atoms with Crippen LogP contribution in [-0.4, -0.2) is 30.9 Å². The molecule has 2 aromatic carbocycles. The van der Waals surface area contributed by atoms with E-state index in [1.807, 2.05) is 26.0 Å². The maximum Gasteiger partial charge on any atom is 0.262 e. The zero-order valence-corrected chi connectivity index (χ0v) is 18.5. The third-order valence-corrected chi connectivity index (χ3v) is 5.53. The van der Waals surface area contributed by atoms with Crippen molar-refractivity contribution in [1.29, 1.82) is 0 Å². The van der Waals surface area contributed by atoms with Gasteiger partial charge in [-0.3, -0.25) is 14.4 Å². The fraction of sp³-hybridized carbons (Fsp3) is 0.318. The number of rotatable bonds is 7. The molecule has 1 fully saturated rings. The summed E-state index contributed by atoms with van der Waals surface area (Å²) in [5.41, 5.74) is 8.80. The molecule has 3 rings (SSSR count). The molecule has 30 heavy (non-hydrogen) atoms. The summed E-state index contributed by atoms with van der Waals surface area (Å²) >= 11 is 3.47. The molecule has 8 heteroatoms. The molecule has 1 saturated heterocycles. The Labute approximate surface area is 183 Å². The minimum atomic E-state index is -0.468. The van der Waals surface area contributed by atoms with E-state index in [0.717, 1.165) is 27.7 Å². The highest BCUT2D eigenvalue weighted by Crippen LogP contribution is 2.28. The lowest BCUT2D eigenvalue weighted by Crippen LogP contribution is -2.28. The van der Waals surface area contributed by atoms with Gasteiger partial charge in [0.15, 0.2) is 6.61 Å². The number of primary amides is 1. The molecular formula is C22H24BrN3O4. The first-order valence-corrected chi connectivity index (χ1v) is 10.5. The van der Waals surface area contributed by atoms with Gasteiger partial charge in [0.05, 0.1) is 5.92 Å². The molecule has 0 spiro atoms. The number of carbonyl (C=O) groups excluding carboxylic acids is 3. The third kappa shape index (κ3) is 4.99. The lowest BCUT2D eigenvalue weighted by atomic mass is 10.1. The molecule has 0 unspecified atom stereocenters. The second-order valence-corrected chi connectivity index (χ2v) is 8.16. The number of benzene rings is 2. The molecule has 1 heterocycles. The van der Waals surface area contributed by atoms with E-state index in [2.05, 4.69) is 21.2 Å². The summed E-state index contributed by atoms with van der Waals surface area (Å²) in [6, 6.07) is 10.8. The van der Waals surface area contributed by atoms with Crippen LogP contribution in [0.4, 0.5) is 11.4 Å². The summed E-state index contributed by atoms with van der Waals surface area (Å²) in [5, 5.41) is 2.92. The van der Waals surface area contributed by atoms with Crippen LogP contribution in [-0.2, 0) is 20.8 Å². The summed E-state index contributed by atoms with van der Waals surface area (Å²) < 4.78 is 6.56. The van der Waals surface area contributed by atoms with Gasteiger partial charge in [-0.15, -0.1) is 0 Å². The number of nitrogens with zero attached hydrogens (tertiary/aromatic N) is 1. The molecule has 7 nitrogen and oxygen atoms in total. The molecule has 1 aliphatic heterocycles. The molecule has 0 aliphatic carbocycles. The lowest BCUT2D eigenvalue weighted by Gasteiger charge is -2.17. The Kier molecular flexibility index (Phi) is 6.77. The monoisotopic (exact) mass is 473 g/mol. The molecule has 3 N–H and O–H groups in total. The Morgan fingerprint density at radius 3 is 2.57 bits per heavy atom. The maximum absolute atomic E-state index is 12.4.